The van der Waals surface area contributed by atoms with E-state index in [1.165, 1.54) is 0 Å². The number of cyclic esters (lactones) is 1. The Morgan fingerprint density at radius 3 is 2.65 bits per heavy atom. The zero-order valence-corrected chi connectivity index (χ0v) is 28.4. The highest BCUT2D eigenvalue weighted by Crippen LogP contribution is 2.43. The number of ether oxygens (including phenoxy) is 5. The molecule has 3 saturated heterocycles. The molecule has 1 aromatic heterocycles. The Hall–Kier alpha value is -3.05. The first-order valence-electron chi connectivity index (χ1n) is 16.3. The van der Waals surface area contributed by atoms with Crippen LogP contribution >= 0.6 is 0 Å². The van der Waals surface area contributed by atoms with E-state index in [0.717, 1.165) is 29.7 Å². The highest BCUT2D eigenvalue weighted by molar-refractivity contribution is 5.70. The van der Waals surface area contributed by atoms with Gasteiger partial charge < -0.3 is 33.2 Å². The summed E-state index contributed by atoms with van der Waals surface area (Å²) < 4.78 is 33.8. The number of aliphatic hydroxyl groups is 1. The molecule has 1 aromatic rings. The van der Waals surface area contributed by atoms with Gasteiger partial charge >= 0.3 is 5.97 Å². The number of carbonyl (C=O) groups excluding carboxylic acids is 2. The molecule has 0 bridgehead atoms. The third kappa shape index (κ3) is 9.50. The number of rotatable bonds is 17. The molecular formula is C36H51NO9. The largest absolute Gasteiger partial charge is 0.464 e. The molecule has 0 spiro atoms. The maximum Gasteiger partial charge on any atom is 0.306 e. The summed E-state index contributed by atoms with van der Waals surface area (Å²) in [6.07, 6.45) is 13.8. The van der Waals surface area contributed by atoms with Crippen molar-refractivity contribution in [3.63, 3.8) is 0 Å². The number of carbonyl (C=O) groups is 2. The van der Waals surface area contributed by atoms with Crippen molar-refractivity contribution in [2.24, 2.45) is 17.8 Å². The lowest BCUT2D eigenvalue weighted by atomic mass is 9.85. The van der Waals surface area contributed by atoms with E-state index in [4.69, 9.17) is 28.1 Å². The Labute approximate surface area is 272 Å². The second-order valence-corrected chi connectivity index (χ2v) is 13.4. The van der Waals surface area contributed by atoms with E-state index >= 15 is 0 Å². The van der Waals surface area contributed by atoms with Gasteiger partial charge in [-0.1, -0.05) is 44.2 Å². The van der Waals surface area contributed by atoms with Crippen LogP contribution in [0.15, 0.2) is 52.2 Å². The van der Waals surface area contributed by atoms with E-state index in [0.29, 0.717) is 18.8 Å². The second kappa shape index (κ2) is 15.7. The van der Waals surface area contributed by atoms with Crippen molar-refractivity contribution in [1.82, 2.24) is 4.98 Å². The van der Waals surface area contributed by atoms with Gasteiger partial charge in [0.05, 0.1) is 24.4 Å². The van der Waals surface area contributed by atoms with E-state index in [1.807, 2.05) is 71.1 Å². The van der Waals surface area contributed by atoms with Crippen LogP contribution in [-0.4, -0.2) is 78.0 Å². The molecule has 0 aromatic carbocycles. The molecule has 1 N–H and O–H groups in total. The van der Waals surface area contributed by atoms with Crippen LogP contribution in [-0.2, 0) is 33.3 Å². The number of hydrogen-bond donors (Lipinski definition) is 1. The second-order valence-electron chi connectivity index (χ2n) is 13.4. The minimum Gasteiger partial charge on any atom is -0.464 e. The number of aromatic nitrogens is 1. The van der Waals surface area contributed by atoms with Gasteiger partial charge in [0.1, 0.15) is 35.9 Å². The average Bonchev–Trinajstić information content (AvgIpc) is 3.83. The summed E-state index contributed by atoms with van der Waals surface area (Å²) in [6.45, 7) is 14.0. The summed E-state index contributed by atoms with van der Waals surface area (Å²) in [5, 5.41) is 11.3. The number of methoxy groups -OCH3 is 1. The SMILES string of the molecule is CO[C@@H](/C(C)=C/C=C/C(C)=C/c1coc(C)n1)[C@@H](C)[C@H](C[C@H](O)[C@]1(C)OC1/C=C/C(C)C1C[C@@H](C[C@H]2O[C@H]2C)CC(=O)O1)OC=O. The number of aliphatic hydroxyl groups excluding tert-OH is 1. The summed E-state index contributed by atoms with van der Waals surface area (Å²) >= 11 is 0. The standard InChI is InChI=1S/C36H51NO9/c1-21(14-28-19-42-26(6)37-28)10-9-11-23(3)35(41-8)24(4)30(43-20-38)18-32(39)36(7)33(46-36)13-12-22(2)29-15-27(17-34(40)45-29)16-31-25(5)44-31/h9-14,19-20,22,24-25,27,29-33,35,39H,15-18H2,1-8H3/b10-9+,13-12+,21-14+,23-11+/t22?,24-,25-,27-,29?,30-,31+,32-,33?,35-,36-/m0/s1. The number of esters is 1. The normalized spacial score (nSPS) is 31.8. The molecule has 0 saturated carbocycles. The van der Waals surface area contributed by atoms with Gasteiger partial charge in [0.2, 0.25) is 0 Å². The van der Waals surface area contributed by atoms with E-state index in [2.05, 4.69) is 11.9 Å². The Morgan fingerprint density at radius 2 is 2.02 bits per heavy atom. The summed E-state index contributed by atoms with van der Waals surface area (Å²) in [4.78, 5) is 28.1. The highest BCUT2D eigenvalue weighted by Gasteiger charge is 2.57. The van der Waals surface area contributed by atoms with E-state index in [1.54, 1.807) is 20.3 Å². The fourth-order valence-corrected chi connectivity index (χ4v) is 6.46. The highest BCUT2D eigenvalue weighted by atomic mass is 16.6. The Morgan fingerprint density at radius 1 is 1.28 bits per heavy atom. The van der Waals surface area contributed by atoms with Crippen LogP contribution in [0, 0.1) is 24.7 Å². The molecule has 10 nitrogen and oxygen atoms in total. The van der Waals surface area contributed by atoms with Crippen LogP contribution in [0.1, 0.15) is 78.8 Å². The Kier molecular flexibility index (Phi) is 12.2. The Bertz CT molecular complexity index is 1310. The molecule has 0 amide bonds. The molecule has 3 aliphatic rings. The Balaban J connectivity index is 1.32. The van der Waals surface area contributed by atoms with Crippen molar-refractivity contribution in [2.45, 2.75) is 122 Å². The predicted molar refractivity (Wildman–Crippen MR) is 172 cm³/mol. The van der Waals surface area contributed by atoms with Crippen LogP contribution in [0.2, 0.25) is 0 Å². The number of allylic oxidation sites excluding steroid dienone is 4. The summed E-state index contributed by atoms with van der Waals surface area (Å²) in [6, 6.07) is 0. The van der Waals surface area contributed by atoms with Crippen molar-refractivity contribution >= 4 is 18.5 Å². The van der Waals surface area contributed by atoms with Crippen LogP contribution in [0.3, 0.4) is 0 Å². The molecule has 3 fully saturated rings. The molecule has 0 aliphatic carbocycles. The van der Waals surface area contributed by atoms with Gasteiger partial charge in [0.15, 0.2) is 5.89 Å². The minimum atomic E-state index is -0.892. The van der Waals surface area contributed by atoms with Crippen molar-refractivity contribution in [1.29, 1.82) is 0 Å². The number of aryl methyl sites for hydroxylation is 1. The first-order valence-corrected chi connectivity index (χ1v) is 16.3. The maximum absolute atomic E-state index is 12.3. The number of epoxide rings is 2. The lowest BCUT2D eigenvalue weighted by Gasteiger charge is -2.31. The lowest BCUT2D eigenvalue weighted by Crippen LogP contribution is -2.40. The molecule has 10 heteroatoms. The summed E-state index contributed by atoms with van der Waals surface area (Å²) in [5.74, 6) is 0.465. The third-order valence-electron chi connectivity index (χ3n) is 9.62. The molecule has 46 heavy (non-hydrogen) atoms. The van der Waals surface area contributed by atoms with Crippen LogP contribution in [0.25, 0.3) is 6.08 Å². The van der Waals surface area contributed by atoms with Gasteiger partial charge in [-0.05, 0) is 63.7 Å². The van der Waals surface area contributed by atoms with E-state index in [9.17, 15) is 14.7 Å². The fourth-order valence-electron chi connectivity index (χ4n) is 6.46. The number of nitrogens with zero attached hydrogens (tertiary/aromatic N) is 1. The molecular weight excluding hydrogens is 590 g/mol. The molecule has 3 aliphatic heterocycles. The zero-order chi connectivity index (χ0) is 33.6. The van der Waals surface area contributed by atoms with E-state index < -0.39 is 17.8 Å². The van der Waals surface area contributed by atoms with Crippen molar-refractivity contribution in [2.75, 3.05) is 7.11 Å². The van der Waals surface area contributed by atoms with Gasteiger partial charge in [0.25, 0.3) is 6.47 Å². The van der Waals surface area contributed by atoms with Crippen LogP contribution < -0.4 is 0 Å². The lowest BCUT2D eigenvalue weighted by molar-refractivity contribution is -0.159. The molecule has 11 atom stereocenters. The molecule has 4 rings (SSSR count). The topological polar surface area (TPSA) is 133 Å². The average molecular weight is 642 g/mol. The maximum atomic E-state index is 12.3. The van der Waals surface area contributed by atoms with E-state index in [-0.39, 0.29) is 60.7 Å². The van der Waals surface area contributed by atoms with Gasteiger partial charge in [-0.3, -0.25) is 9.59 Å². The van der Waals surface area contributed by atoms with Gasteiger partial charge in [-0.25, -0.2) is 4.98 Å². The van der Waals surface area contributed by atoms with Gasteiger partial charge in [0, 0.05) is 38.7 Å². The zero-order valence-electron chi connectivity index (χ0n) is 28.4. The predicted octanol–water partition coefficient (Wildman–Crippen LogP) is 5.68. The van der Waals surface area contributed by atoms with Crippen LogP contribution in [0.5, 0.6) is 0 Å². The van der Waals surface area contributed by atoms with Gasteiger partial charge in [-0.15, -0.1) is 0 Å². The summed E-state index contributed by atoms with van der Waals surface area (Å²) in [7, 11) is 1.62. The number of hydrogen-bond acceptors (Lipinski definition) is 10. The minimum absolute atomic E-state index is 0.00174. The van der Waals surface area contributed by atoms with Gasteiger partial charge in [-0.2, -0.15) is 0 Å². The van der Waals surface area contributed by atoms with Crippen LogP contribution in [0.4, 0.5) is 0 Å². The number of oxazole rings is 1. The monoisotopic (exact) mass is 641 g/mol. The summed E-state index contributed by atoms with van der Waals surface area (Å²) in [5.41, 5.74) is 1.88. The van der Waals surface area contributed by atoms with Crippen molar-refractivity contribution in [3.05, 3.63) is 59.4 Å². The fraction of sp³-hybridized carbons (Fsp3) is 0.639. The third-order valence-corrected chi connectivity index (χ3v) is 9.62. The van der Waals surface area contributed by atoms with Crippen molar-refractivity contribution in [3.8, 4) is 0 Å². The quantitative estimate of drug-likeness (QED) is 0.0745. The first-order chi connectivity index (χ1) is 21.8. The smallest absolute Gasteiger partial charge is 0.306 e. The van der Waals surface area contributed by atoms with Crippen molar-refractivity contribution < 1.29 is 42.8 Å². The first kappa shape index (κ1) is 35.8. The molecule has 4 heterocycles. The molecule has 0 radical (unpaired) electrons. The molecule has 3 unspecified atom stereocenters. The molecule has 254 valence electrons.